The van der Waals surface area contributed by atoms with Crippen molar-refractivity contribution in [3.8, 4) is 0 Å². The Morgan fingerprint density at radius 3 is 2.27 bits per heavy atom. The van der Waals surface area contributed by atoms with E-state index >= 15 is 0 Å². The summed E-state index contributed by atoms with van der Waals surface area (Å²) in [7, 11) is 0. The van der Waals surface area contributed by atoms with Crippen molar-refractivity contribution in [2.24, 2.45) is 5.92 Å². The van der Waals surface area contributed by atoms with E-state index in [1.807, 2.05) is 0 Å². The van der Waals surface area contributed by atoms with Gasteiger partial charge in [0.25, 0.3) is 0 Å². The highest BCUT2D eigenvalue weighted by atomic mass is 14.9. The predicted octanol–water partition coefficient (Wildman–Crippen LogP) is 4.13. The smallest absolute Gasteiger partial charge is 0.00670 e. The van der Waals surface area contributed by atoms with Crippen molar-refractivity contribution in [2.45, 2.75) is 77.7 Å². The molecule has 1 saturated carbocycles. The highest BCUT2D eigenvalue weighted by Crippen LogP contribution is 2.17. The third kappa shape index (κ3) is 6.94. The molecule has 0 bridgehead atoms. The molecule has 1 nitrogen and oxygen atoms in total. The van der Waals surface area contributed by atoms with Crippen LogP contribution in [0, 0.1) is 5.92 Å². The molecular weight excluding hydrogens is 182 g/mol. The van der Waals surface area contributed by atoms with Crippen LogP contribution in [0.3, 0.4) is 0 Å². The van der Waals surface area contributed by atoms with E-state index in [2.05, 4.69) is 19.2 Å². The summed E-state index contributed by atoms with van der Waals surface area (Å²) in [6, 6.07) is 0.839. The fraction of sp³-hybridized carbons (Fsp3) is 1.00. The lowest BCUT2D eigenvalue weighted by atomic mass is 10.1. The highest BCUT2D eigenvalue weighted by molar-refractivity contribution is 4.70. The molecule has 0 atom stereocenters. The minimum absolute atomic E-state index is 0.839. The van der Waals surface area contributed by atoms with Gasteiger partial charge in [-0.3, -0.25) is 0 Å². The molecule has 0 heterocycles. The summed E-state index contributed by atoms with van der Waals surface area (Å²) in [6.45, 7) is 5.88. The van der Waals surface area contributed by atoms with Crippen LogP contribution in [-0.4, -0.2) is 12.6 Å². The molecule has 90 valence electrons. The van der Waals surface area contributed by atoms with Gasteiger partial charge in [-0.1, -0.05) is 52.4 Å². The molecule has 1 aliphatic rings. The molecule has 0 aliphatic heterocycles. The molecule has 15 heavy (non-hydrogen) atoms. The van der Waals surface area contributed by atoms with E-state index in [-0.39, 0.29) is 0 Å². The van der Waals surface area contributed by atoms with Crippen molar-refractivity contribution in [3.05, 3.63) is 0 Å². The largest absolute Gasteiger partial charge is 0.314 e. The molecule has 0 radical (unpaired) electrons. The van der Waals surface area contributed by atoms with Crippen LogP contribution in [0.2, 0.25) is 0 Å². The summed E-state index contributed by atoms with van der Waals surface area (Å²) in [5, 5.41) is 3.74. The maximum Gasteiger partial charge on any atom is 0.00670 e. The Balaban J connectivity index is 1.94. The molecule has 0 aromatic heterocycles. The number of rotatable bonds is 6. The second-order valence-electron chi connectivity index (χ2n) is 5.53. The lowest BCUT2D eigenvalue weighted by Crippen LogP contribution is -2.29. The minimum Gasteiger partial charge on any atom is -0.314 e. The van der Waals surface area contributed by atoms with Gasteiger partial charge in [-0.15, -0.1) is 0 Å². The minimum atomic E-state index is 0.839. The first-order chi connectivity index (χ1) is 7.29. The monoisotopic (exact) mass is 211 g/mol. The second-order valence-corrected chi connectivity index (χ2v) is 5.53. The van der Waals surface area contributed by atoms with Crippen molar-refractivity contribution < 1.29 is 0 Å². The lowest BCUT2D eigenvalue weighted by Gasteiger charge is -2.16. The zero-order chi connectivity index (χ0) is 10.9. The Kier molecular flexibility index (Phi) is 7.08. The van der Waals surface area contributed by atoms with Gasteiger partial charge in [0.05, 0.1) is 0 Å². The fourth-order valence-electron chi connectivity index (χ4n) is 2.47. The summed E-state index contributed by atoms with van der Waals surface area (Å²) in [5.41, 5.74) is 0. The van der Waals surface area contributed by atoms with Crippen LogP contribution < -0.4 is 5.32 Å². The van der Waals surface area contributed by atoms with E-state index < -0.39 is 0 Å². The van der Waals surface area contributed by atoms with Gasteiger partial charge in [-0.05, 0) is 31.7 Å². The SMILES string of the molecule is CC(C)CCCCNC1CCCCCC1. The number of hydrogen-bond donors (Lipinski definition) is 1. The molecule has 0 aromatic rings. The van der Waals surface area contributed by atoms with E-state index in [1.165, 1.54) is 64.3 Å². The number of unbranched alkanes of at least 4 members (excludes halogenated alkanes) is 1. The van der Waals surface area contributed by atoms with E-state index in [1.54, 1.807) is 0 Å². The lowest BCUT2D eigenvalue weighted by molar-refractivity contribution is 0.440. The van der Waals surface area contributed by atoms with Crippen LogP contribution in [0.1, 0.15) is 71.6 Å². The van der Waals surface area contributed by atoms with Crippen molar-refractivity contribution in [1.29, 1.82) is 0 Å². The molecule has 1 fully saturated rings. The van der Waals surface area contributed by atoms with Crippen molar-refractivity contribution in [1.82, 2.24) is 5.32 Å². The van der Waals surface area contributed by atoms with Crippen LogP contribution >= 0.6 is 0 Å². The van der Waals surface area contributed by atoms with E-state index in [0.717, 1.165) is 12.0 Å². The Morgan fingerprint density at radius 1 is 1.00 bits per heavy atom. The number of nitrogens with one attached hydrogen (secondary N) is 1. The summed E-state index contributed by atoms with van der Waals surface area (Å²) in [5.74, 6) is 0.878. The molecule has 0 aromatic carbocycles. The molecule has 1 N–H and O–H groups in total. The van der Waals surface area contributed by atoms with Crippen molar-refractivity contribution in [3.63, 3.8) is 0 Å². The van der Waals surface area contributed by atoms with Gasteiger partial charge in [-0.2, -0.15) is 0 Å². The number of hydrogen-bond acceptors (Lipinski definition) is 1. The first kappa shape index (κ1) is 13.0. The van der Waals surface area contributed by atoms with Gasteiger partial charge in [0, 0.05) is 6.04 Å². The van der Waals surface area contributed by atoms with Gasteiger partial charge >= 0.3 is 0 Å². The van der Waals surface area contributed by atoms with E-state index in [4.69, 9.17) is 0 Å². The van der Waals surface area contributed by atoms with Crippen LogP contribution in [-0.2, 0) is 0 Å². The summed E-state index contributed by atoms with van der Waals surface area (Å²) >= 11 is 0. The molecular formula is C14H29N. The van der Waals surface area contributed by atoms with E-state index in [0.29, 0.717) is 0 Å². The van der Waals surface area contributed by atoms with Gasteiger partial charge in [-0.25, -0.2) is 0 Å². The van der Waals surface area contributed by atoms with Crippen molar-refractivity contribution in [2.75, 3.05) is 6.54 Å². The Morgan fingerprint density at radius 2 is 1.67 bits per heavy atom. The van der Waals surface area contributed by atoms with Crippen LogP contribution in [0.15, 0.2) is 0 Å². The quantitative estimate of drug-likeness (QED) is 0.514. The standard InChI is InChI=1S/C14H29N/c1-13(2)9-7-8-12-15-14-10-5-3-4-6-11-14/h13-15H,3-12H2,1-2H3. The maximum atomic E-state index is 3.74. The molecule has 0 amide bonds. The molecule has 0 unspecified atom stereocenters. The molecule has 1 rings (SSSR count). The molecule has 1 heteroatoms. The third-order valence-corrected chi connectivity index (χ3v) is 3.50. The zero-order valence-electron chi connectivity index (χ0n) is 10.7. The van der Waals surface area contributed by atoms with Gasteiger partial charge < -0.3 is 5.32 Å². The van der Waals surface area contributed by atoms with Gasteiger partial charge in [0.2, 0.25) is 0 Å². The summed E-state index contributed by atoms with van der Waals surface area (Å²) in [6.07, 6.45) is 12.8. The van der Waals surface area contributed by atoms with Crippen LogP contribution in [0.25, 0.3) is 0 Å². The molecule has 0 saturated heterocycles. The predicted molar refractivity (Wildman–Crippen MR) is 68.2 cm³/mol. The first-order valence-electron chi connectivity index (χ1n) is 7.02. The first-order valence-corrected chi connectivity index (χ1v) is 7.02. The average Bonchev–Trinajstić information content (AvgIpc) is 2.45. The van der Waals surface area contributed by atoms with Crippen LogP contribution in [0.5, 0.6) is 0 Å². The average molecular weight is 211 g/mol. The van der Waals surface area contributed by atoms with E-state index in [9.17, 15) is 0 Å². The second kappa shape index (κ2) is 8.15. The van der Waals surface area contributed by atoms with Gasteiger partial charge in [0.15, 0.2) is 0 Å². The molecule has 1 aliphatic carbocycles. The Labute approximate surface area is 96.0 Å². The molecule has 0 spiro atoms. The van der Waals surface area contributed by atoms with Crippen LogP contribution in [0.4, 0.5) is 0 Å². The normalized spacial score (nSPS) is 19.4. The summed E-state index contributed by atoms with van der Waals surface area (Å²) in [4.78, 5) is 0. The maximum absolute atomic E-state index is 3.74. The fourth-order valence-corrected chi connectivity index (χ4v) is 2.47. The topological polar surface area (TPSA) is 12.0 Å². The Hall–Kier alpha value is -0.0400. The Bertz CT molecular complexity index is 134. The third-order valence-electron chi connectivity index (χ3n) is 3.50. The zero-order valence-corrected chi connectivity index (χ0v) is 10.7. The highest BCUT2D eigenvalue weighted by Gasteiger charge is 2.10. The van der Waals surface area contributed by atoms with Crippen molar-refractivity contribution >= 4 is 0 Å². The van der Waals surface area contributed by atoms with Gasteiger partial charge in [0.1, 0.15) is 0 Å². The summed E-state index contributed by atoms with van der Waals surface area (Å²) < 4.78 is 0.